The third-order valence-electron chi connectivity index (χ3n) is 3.97. The van der Waals surface area contributed by atoms with E-state index in [9.17, 15) is 14.4 Å². The van der Waals surface area contributed by atoms with Crippen LogP contribution in [0.1, 0.15) is 39.0 Å². The molecule has 1 saturated carbocycles. The van der Waals surface area contributed by atoms with Gasteiger partial charge in [0.2, 0.25) is 11.8 Å². The summed E-state index contributed by atoms with van der Waals surface area (Å²) in [4.78, 5) is 37.4. The Morgan fingerprint density at radius 2 is 1.94 bits per heavy atom. The van der Waals surface area contributed by atoms with Gasteiger partial charge in [-0.05, 0) is 32.7 Å². The van der Waals surface area contributed by atoms with Crippen LogP contribution in [0.25, 0.3) is 0 Å². The Bertz CT molecular complexity index is 390. The van der Waals surface area contributed by atoms with E-state index in [-0.39, 0.29) is 19.0 Å². The minimum absolute atomic E-state index is 0.0669. The topological polar surface area (TPSA) is 92.5 Å². The van der Waals surface area contributed by atoms with E-state index in [1.807, 2.05) is 0 Å². The van der Waals surface area contributed by atoms with Crippen LogP contribution >= 0.6 is 0 Å². The molecule has 0 aromatic carbocycles. The van der Waals surface area contributed by atoms with Crippen LogP contribution < -0.4 is 11.1 Å². The maximum Gasteiger partial charge on any atom is 0.331 e. The van der Waals surface area contributed by atoms with Crippen molar-refractivity contribution >= 4 is 17.8 Å². The van der Waals surface area contributed by atoms with E-state index in [0.717, 1.165) is 25.7 Å². The molecule has 1 atom stereocenters. The molecule has 0 aromatic heterocycles. The number of rotatable bonds is 3. The largest absolute Gasteiger partial charge is 0.331 e. The number of nitrogens with zero attached hydrogens (tertiary/aromatic N) is 1. The summed E-state index contributed by atoms with van der Waals surface area (Å²) in [5.74, 6) is -0.925. The third-order valence-corrected chi connectivity index (χ3v) is 3.97. The maximum atomic E-state index is 12.4. The van der Waals surface area contributed by atoms with E-state index in [1.165, 1.54) is 4.90 Å². The lowest BCUT2D eigenvalue weighted by atomic mass is 9.82. The summed E-state index contributed by atoms with van der Waals surface area (Å²) in [6, 6.07) is -0.644. The fourth-order valence-electron chi connectivity index (χ4n) is 2.75. The Morgan fingerprint density at radius 1 is 1.33 bits per heavy atom. The van der Waals surface area contributed by atoms with Gasteiger partial charge in [-0.15, -0.1) is 0 Å². The molecule has 2 aliphatic rings. The molecule has 0 bridgehead atoms. The first-order chi connectivity index (χ1) is 8.50. The van der Waals surface area contributed by atoms with Crippen molar-refractivity contribution in [3.63, 3.8) is 0 Å². The third kappa shape index (κ3) is 1.90. The van der Waals surface area contributed by atoms with Crippen molar-refractivity contribution in [3.05, 3.63) is 0 Å². The summed E-state index contributed by atoms with van der Waals surface area (Å²) in [5.41, 5.74) is 4.26. The van der Waals surface area contributed by atoms with Crippen LogP contribution in [0.5, 0.6) is 0 Å². The Hall–Kier alpha value is -1.43. The Kier molecular flexibility index (Phi) is 3.38. The summed E-state index contributed by atoms with van der Waals surface area (Å²) in [6.45, 7) is 1.80. The zero-order valence-corrected chi connectivity index (χ0v) is 10.6. The van der Waals surface area contributed by atoms with Gasteiger partial charge >= 0.3 is 6.03 Å². The van der Waals surface area contributed by atoms with Crippen LogP contribution in [-0.2, 0) is 9.59 Å². The molecule has 4 amide bonds. The highest BCUT2D eigenvalue weighted by Gasteiger charge is 2.51. The van der Waals surface area contributed by atoms with Crippen LogP contribution in [0.4, 0.5) is 4.79 Å². The van der Waals surface area contributed by atoms with Gasteiger partial charge in [-0.1, -0.05) is 12.8 Å². The van der Waals surface area contributed by atoms with E-state index < -0.39 is 23.3 Å². The van der Waals surface area contributed by atoms with Crippen molar-refractivity contribution in [2.45, 2.75) is 45.1 Å². The minimum Gasteiger partial charge on any atom is -0.330 e. The van der Waals surface area contributed by atoms with E-state index >= 15 is 0 Å². The van der Waals surface area contributed by atoms with Crippen LogP contribution in [0.2, 0.25) is 0 Å². The molecule has 0 spiro atoms. The number of barbiturate groups is 1. The molecule has 1 saturated heterocycles. The van der Waals surface area contributed by atoms with Crippen molar-refractivity contribution in [3.8, 4) is 0 Å². The average molecular weight is 253 g/mol. The molecule has 0 aromatic rings. The standard InChI is InChI=1S/C12H19N3O3/c1-12(6-7-13)9(16)14-11(18)15(10(12)17)8-4-2-3-5-8/h8H,2-7,13H2,1H3,(H,14,16,18). The molecule has 100 valence electrons. The van der Waals surface area contributed by atoms with Gasteiger partial charge in [-0.25, -0.2) is 4.79 Å². The molecule has 1 heterocycles. The maximum absolute atomic E-state index is 12.4. The fourth-order valence-corrected chi connectivity index (χ4v) is 2.75. The van der Waals surface area contributed by atoms with Crippen molar-refractivity contribution < 1.29 is 14.4 Å². The summed E-state index contributed by atoms with van der Waals surface area (Å²) in [7, 11) is 0. The molecular formula is C12H19N3O3. The highest BCUT2D eigenvalue weighted by molar-refractivity contribution is 6.19. The lowest BCUT2D eigenvalue weighted by Gasteiger charge is -2.39. The van der Waals surface area contributed by atoms with E-state index in [4.69, 9.17) is 5.73 Å². The molecule has 18 heavy (non-hydrogen) atoms. The second-order valence-electron chi connectivity index (χ2n) is 5.24. The van der Waals surface area contributed by atoms with Crippen LogP contribution in [0, 0.1) is 5.41 Å². The number of hydrogen-bond acceptors (Lipinski definition) is 4. The van der Waals surface area contributed by atoms with Gasteiger partial charge < -0.3 is 5.73 Å². The van der Waals surface area contributed by atoms with Crippen molar-refractivity contribution in [1.29, 1.82) is 0 Å². The molecule has 1 aliphatic carbocycles. The molecule has 1 unspecified atom stereocenters. The summed E-state index contributed by atoms with van der Waals surface area (Å²) in [6.07, 6.45) is 3.94. The number of imide groups is 2. The lowest BCUT2D eigenvalue weighted by molar-refractivity contribution is -0.152. The summed E-state index contributed by atoms with van der Waals surface area (Å²) >= 11 is 0. The van der Waals surface area contributed by atoms with Gasteiger partial charge in [-0.3, -0.25) is 19.8 Å². The normalized spacial score (nSPS) is 29.9. The first-order valence-electron chi connectivity index (χ1n) is 6.40. The Morgan fingerprint density at radius 3 is 2.50 bits per heavy atom. The first-order valence-corrected chi connectivity index (χ1v) is 6.40. The molecule has 2 rings (SSSR count). The van der Waals surface area contributed by atoms with Crippen molar-refractivity contribution in [1.82, 2.24) is 10.2 Å². The number of nitrogens with two attached hydrogens (primary N) is 1. The van der Waals surface area contributed by atoms with Gasteiger partial charge in [0.25, 0.3) is 0 Å². The zero-order chi connectivity index (χ0) is 13.3. The minimum atomic E-state index is -1.20. The van der Waals surface area contributed by atoms with E-state index in [0.29, 0.717) is 0 Å². The number of carbonyl (C=O) groups excluding carboxylic acids is 3. The zero-order valence-electron chi connectivity index (χ0n) is 10.6. The van der Waals surface area contributed by atoms with Crippen LogP contribution in [0.3, 0.4) is 0 Å². The number of carbonyl (C=O) groups is 3. The smallest absolute Gasteiger partial charge is 0.330 e. The van der Waals surface area contributed by atoms with Crippen LogP contribution in [-0.4, -0.2) is 35.3 Å². The highest BCUT2D eigenvalue weighted by Crippen LogP contribution is 2.33. The Balaban J connectivity index is 2.27. The monoisotopic (exact) mass is 253 g/mol. The summed E-state index contributed by atoms with van der Waals surface area (Å²) < 4.78 is 0. The summed E-state index contributed by atoms with van der Waals surface area (Å²) in [5, 5.41) is 2.28. The number of nitrogens with one attached hydrogen (secondary N) is 1. The number of urea groups is 1. The highest BCUT2D eigenvalue weighted by atomic mass is 16.2. The average Bonchev–Trinajstić information content (AvgIpc) is 2.81. The molecular weight excluding hydrogens is 234 g/mol. The van der Waals surface area contributed by atoms with Gasteiger partial charge in [-0.2, -0.15) is 0 Å². The van der Waals surface area contributed by atoms with Gasteiger partial charge in [0, 0.05) is 6.04 Å². The van der Waals surface area contributed by atoms with Crippen LogP contribution in [0.15, 0.2) is 0 Å². The molecule has 2 fully saturated rings. The Labute approximate surface area is 106 Å². The molecule has 6 nitrogen and oxygen atoms in total. The van der Waals surface area contributed by atoms with E-state index in [1.54, 1.807) is 6.92 Å². The van der Waals surface area contributed by atoms with Gasteiger partial charge in [0.1, 0.15) is 5.41 Å². The van der Waals surface area contributed by atoms with E-state index in [2.05, 4.69) is 5.32 Å². The van der Waals surface area contributed by atoms with Crippen molar-refractivity contribution in [2.24, 2.45) is 11.1 Å². The van der Waals surface area contributed by atoms with Crippen molar-refractivity contribution in [2.75, 3.05) is 6.54 Å². The molecule has 6 heteroatoms. The fraction of sp³-hybridized carbons (Fsp3) is 0.750. The number of hydrogen-bond donors (Lipinski definition) is 2. The molecule has 1 aliphatic heterocycles. The SMILES string of the molecule is CC1(CCN)C(=O)NC(=O)N(C2CCCC2)C1=O. The second kappa shape index (κ2) is 4.68. The molecule has 0 radical (unpaired) electrons. The predicted molar refractivity (Wildman–Crippen MR) is 64.4 cm³/mol. The molecule has 3 N–H and O–H groups in total. The van der Waals surface area contributed by atoms with Gasteiger partial charge in [0.05, 0.1) is 0 Å². The second-order valence-corrected chi connectivity index (χ2v) is 5.24. The lowest BCUT2D eigenvalue weighted by Crippen LogP contribution is -2.65. The van der Waals surface area contributed by atoms with Gasteiger partial charge in [0.15, 0.2) is 0 Å². The number of amides is 4. The predicted octanol–water partition coefficient (Wildman–Crippen LogP) is 0.363. The quantitative estimate of drug-likeness (QED) is 0.710. The first kappa shape index (κ1) is 13.0.